The summed E-state index contributed by atoms with van der Waals surface area (Å²) >= 11 is 0. The lowest BCUT2D eigenvalue weighted by molar-refractivity contribution is 0.0473. The molecule has 1 aliphatic carbocycles. The molecule has 0 bridgehead atoms. The Morgan fingerprint density at radius 1 is 1.36 bits per heavy atom. The van der Waals surface area contributed by atoms with Crippen molar-refractivity contribution in [3.63, 3.8) is 0 Å². The Morgan fingerprint density at radius 3 is 2.91 bits per heavy atom. The predicted molar refractivity (Wildman–Crippen MR) is 79.9 cm³/mol. The third-order valence-electron chi connectivity index (χ3n) is 4.28. The van der Waals surface area contributed by atoms with Crippen molar-refractivity contribution < 1.29 is 19.0 Å². The maximum Gasteiger partial charge on any atom is 0.253 e. The van der Waals surface area contributed by atoms with Gasteiger partial charge in [-0.2, -0.15) is 0 Å². The minimum absolute atomic E-state index is 0.151. The summed E-state index contributed by atoms with van der Waals surface area (Å²) in [4.78, 5) is 14.1. The van der Waals surface area contributed by atoms with Gasteiger partial charge < -0.3 is 14.7 Å². The number of β-amino-alcohol motifs (C(OH)–C–C–N with tert-alkyl or cyclic N) is 1. The lowest BCUT2D eigenvalue weighted by Gasteiger charge is -2.30. The van der Waals surface area contributed by atoms with Crippen LogP contribution in [-0.2, 0) is 11.3 Å². The van der Waals surface area contributed by atoms with E-state index in [4.69, 9.17) is 4.74 Å². The summed E-state index contributed by atoms with van der Waals surface area (Å²) in [6, 6.07) is 4.40. The SMILES string of the molecule is O=C(c1ccc(F)c(COCC2CC2)c1)N1CCCC(O)C1. The zero-order chi connectivity index (χ0) is 15.5. The molecule has 1 atom stereocenters. The van der Waals surface area contributed by atoms with Crippen LogP contribution in [-0.4, -0.2) is 41.7 Å². The van der Waals surface area contributed by atoms with Gasteiger partial charge in [-0.3, -0.25) is 4.79 Å². The second-order valence-corrected chi connectivity index (χ2v) is 6.31. The number of likely N-dealkylation sites (tertiary alicyclic amines) is 1. The van der Waals surface area contributed by atoms with E-state index in [2.05, 4.69) is 0 Å². The second kappa shape index (κ2) is 6.75. The molecule has 1 N–H and O–H groups in total. The molecule has 1 aromatic rings. The number of rotatable bonds is 5. The summed E-state index contributed by atoms with van der Waals surface area (Å²) < 4.78 is 19.3. The number of aliphatic hydroxyl groups excluding tert-OH is 1. The van der Waals surface area contributed by atoms with E-state index in [9.17, 15) is 14.3 Å². The van der Waals surface area contributed by atoms with Crippen molar-refractivity contribution in [3.8, 4) is 0 Å². The fourth-order valence-corrected chi connectivity index (χ4v) is 2.76. The monoisotopic (exact) mass is 307 g/mol. The molecule has 2 fully saturated rings. The van der Waals surface area contributed by atoms with E-state index in [1.165, 1.54) is 25.0 Å². The van der Waals surface area contributed by atoms with Gasteiger partial charge >= 0.3 is 0 Å². The van der Waals surface area contributed by atoms with Crippen molar-refractivity contribution in [1.82, 2.24) is 4.90 Å². The maximum absolute atomic E-state index is 13.8. The largest absolute Gasteiger partial charge is 0.391 e. The molecule has 22 heavy (non-hydrogen) atoms. The molecule has 120 valence electrons. The van der Waals surface area contributed by atoms with E-state index in [0.29, 0.717) is 36.7 Å². The van der Waals surface area contributed by atoms with E-state index in [-0.39, 0.29) is 18.3 Å². The molecule has 1 amide bonds. The van der Waals surface area contributed by atoms with E-state index < -0.39 is 6.10 Å². The lowest BCUT2D eigenvalue weighted by atomic mass is 10.1. The molecule has 1 heterocycles. The summed E-state index contributed by atoms with van der Waals surface area (Å²) in [7, 11) is 0. The third-order valence-corrected chi connectivity index (χ3v) is 4.28. The van der Waals surface area contributed by atoms with Crippen LogP contribution in [0.4, 0.5) is 4.39 Å². The number of aliphatic hydroxyl groups is 1. The van der Waals surface area contributed by atoms with Gasteiger partial charge in [-0.05, 0) is 49.8 Å². The second-order valence-electron chi connectivity index (χ2n) is 6.31. The molecule has 1 aliphatic heterocycles. The molecule has 5 heteroatoms. The molecule has 2 aliphatic rings. The molecule has 1 saturated carbocycles. The van der Waals surface area contributed by atoms with E-state index >= 15 is 0 Å². The normalized spacial score (nSPS) is 21.9. The fraction of sp³-hybridized carbons (Fsp3) is 0.588. The number of hydrogen-bond acceptors (Lipinski definition) is 3. The smallest absolute Gasteiger partial charge is 0.253 e. The molecule has 0 radical (unpaired) electrons. The summed E-state index contributed by atoms with van der Waals surface area (Å²) in [5, 5.41) is 9.67. The van der Waals surface area contributed by atoms with Crippen LogP contribution in [0.1, 0.15) is 41.6 Å². The minimum Gasteiger partial charge on any atom is -0.391 e. The van der Waals surface area contributed by atoms with Gasteiger partial charge in [0.1, 0.15) is 5.82 Å². The number of halogens is 1. The Morgan fingerprint density at radius 2 is 2.18 bits per heavy atom. The highest BCUT2D eigenvalue weighted by molar-refractivity contribution is 5.94. The molecular weight excluding hydrogens is 285 g/mol. The van der Waals surface area contributed by atoms with Gasteiger partial charge in [0, 0.05) is 30.8 Å². The highest BCUT2D eigenvalue weighted by Crippen LogP contribution is 2.29. The standard InChI is InChI=1S/C17H22FNO3/c18-16-6-5-13(8-14(16)11-22-10-12-3-4-12)17(21)19-7-1-2-15(20)9-19/h5-6,8,12,15,20H,1-4,7,9-11H2. The number of carbonyl (C=O) groups is 1. The molecular formula is C17H22FNO3. The molecule has 0 aromatic heterocycles. The van der Waals surface area contributed by atoms with Crippen molar-refractivity contribution >= 4 is 5.91 Å². The summed E-state index contributed by atoms with van der Waals surface area (Å²) in [6.07, 6.45) is 3.45. The van der Waals surface area contributed by atoms with Gasteiger partial charge in [-0.1, -0.05) is 0 Å². The summed E-state index contributed by atoms with van der Waals surface area (Å²) in [5.74, 6) is 0.135. The molecule has 1 saturated heterocycles. The van der Waals surface area contributed by atoms with Crippen molar-refractivity contribution in [2.45, 2.75) is 38.4 Å². The number of benzene rings is 1. The molecule has 1 unspecified atom stereocenters. The minimum atomic E-state index is -0.459. The fourth-order valence-electron chi connectivity index (χ4n) is 2.76. The molecule has 4 nitrogen and oxygen atoms in total. The Labute approximate surface area is 129 Å². The first-order valence-electron chi connectivity index (χ1n) is 7.97. The van der Waals surface area contributed by atoms with Crippen LogP contribution in [0.2, 0.25) is 0 Å². The maximum atomic E-state index is 13.8. The van der Waals surface area contributed by atoms with Crippen LogP contribution in [0, 0.1) is 11.7 Å². The molecule has 1 aromatic carbocycles. The number of amides is 1. The van der Waals surface area contributed by atoms with Crippen molar-refractivity contribution in [1.29, 1.82) is 0 Å². The van der Waals surface area contributed by atoms with Gasteiger partial charge in [0.2, 0.25) is 0 Å². The van der Waals surface area contributed by atoms with Crippen molar-refractivity contribution in [2.24, 2.45) is 5.92 Å². The summed E-state index contributed by atoms with van der Waals surface area (Å²) in [5.41, 5.74) is 0.879. The number of hydrogen-bond donors (Lipinski definition) is 1. The van der Waals surface area contributed by atoms with Crippen LogP contribution in [0.3, 0.4) is 0 Å². The van der Waals surface area contributed by atoms with Crippen LogP contribution in [0.15, 0.2) is 18.2 Å². The van der Waals surface area contributed by atoms with Crippen LogP contribution in [0.25, 0.3) is 0 Å². The highest BCUT2D eigenvalue weighted by Gasteiger charge is 2.24. The first-order valence-corrected chi connectivity index (χ1v) is 7.97. The topological polar surface area (TPSA) is 49.8 Å². The summed E-state index contributed by atoms with van der Waals surface area (Å²) in [6.45, 7) is 1.85. The van der Waals surface area contributed by atoms with Crippen LogP contribution >= 0.6 is 0 Å². The number of nitrogens with zero attached hydrogens (tertiary/aromatic N) is 1. The Hall–Kier alpha value is -1.46. The van der Waals surface area contributed by atoms with Gasteiger partial charge in [0.05, 0.1) is 12.7 Å². The Kier molecular flexibility index (Phi) is 4.74. The van der Waals surface area contributed by atoms with Gasteiger partial charge in [0.15, 0.2) is 0 Å². The molecule has 3 rings (SSSR count). The number of piperidine rings is 1. The van der Waals surface area contributed by atoms with Gasteiger partial charge in [0.25, 0.3) is 5.91 Å². The Bertz CT molecular complexity index is 545. The predicted octanol–water partition coefficient (Wildman–Crippen LogP) is 2.35. The van der Waals surface area contributed by atoms with Crippen molar-refractivity contribution in [3.05, 3.63) is 35.1 Å². The van der Waals surface area contributed by atoms with Gasteiger partial charge in [-0.25, -0.2) is 4.39 Å². The quantitative estimate of drug-likeness (QED) is 0.908. The lowest BCUT2D eigenvalue weighted by Crippen LogP contribution is -2.42. The number of carbonyl (C=O) groups excluding carboxylic acids is 1. The van der Waals surface area contributed by atoms with Gasteiger partial charge in [-0.15, -0.1) is 0 Å². The van der Waals surface area contributed by atoms with E-state index in [1.54, 1.807) is 11.0 Å². The zero-order valence-electron chi connectivity index (χ0n) is 12.6. The van der Waals surface area contributed by atoms with E-state index in [0.717, 1.165) is 12.8 Å². The van der Waals surface area contributed by atoms with E-state index in [1.807, 2.05) is 0 Å². The number of ether oxygens (including phenoxy) is 1. The average Bonchev–Trinajstić information content (AvgIpc) is 3.33. The highest BCUT2D eigenvalue weighted by atomic mass is 19.1. The third kappa shape index (κ3) is 3.84. The zero-order valence-corrected chi connectivity index (χ0v) is 12.6. The molecule has 0 spiro atoms. The van der Waals surface area contributed by atoms with Crippen molar-refractivity contribution in [2.75, 3.05) is 19.7 Å². The Balaban J connectivity index is 1.65. The average molecular weight is 307 g/mol. The first-order chi connectivity index (χ1) is 10.6. The van der Waals surface area contributed by atoms with Crippen LogP contribution < -0.4 is 0 Å². The van der Waals surface area contributed by atoms with Crippen LogP contribution in [0.5, 0.6) is 0 Å². The first kappa shape index (κ1) is 15.4.